The van der Waals surface area contributed by atoms with Crippen LogP contribution in [0.2, 0.25) is 0 Å². The van der Waals surface area contributed by atoms with Gasteiger partial charge in [-0.3, -0.25) is 9.59 Å². The fourth-order valence-corrected chi connectivity index (χ4v) is 3.17. The molecule has 0 aromatic carbocycles. The van der Waals surface area contributed by atoms with E-state index < -0.39 is 0 Å². The lowest BCUT2D eigenvalue weighted by Gasteiger charge is -2.13. The van der Waals surface area contributed by atoms with Crippen molar-refractivity contribution in [3.05, 3.63) is 34.0 Å². The van der Waals surface area contributed by atoms with Crippen LogP contribution in [0.4, 0.5) is 0 Å². The molecule has 1 aliphatic rings. The number of nitrogens with one attached hydrogen (secondary N) is 2. The number of rotatable bonds is 8. The monoisotopic (exact) mass is 320 g/mol. The van der Waals surface area contributed by atoms with Gasteiger partial charge < -0.3 is 10.6 Å². The van der Waals surface area contributed by atoms with Gasteiger partial charge >= 0.3 is 0 Å². The third-order valence-electron chi connectivity index (χ3n) is 3.80. The predicted molar refractivity (Wildman–Crippen MR) is 90.1 cm³/mol. The molecule has 120 valence electrons. The van der Waals surface area contributed by atoms with Gasteiger partial charge in [-0.15, -0.1) is 0 Å². The third kappa shape index (κ3) is 6.02. The Morgan fingerprint density at radius 1 is 1.18 bits per heavy atom. The molecule has 0 bridgehead atoms. The molecule has 5 heteroatoms. The summed E-state index contributed by atoms with van der Waals surface area (Å²) in [6.45, 7) is 1.26. The quantitative estimate of drug-likeness (QED) is 0.570. The van der Waals surface area contributed by atoms with Crippen LogP contribution in [0.3, 0.4) is 0 Å². The molecule has 0 saturated heterocycles. The van der Waals surface area contributed by atoms with E-state index in [0.717, 1.165) is 13.0 Å². The van der Waals surface area contributed by atoms with Gasteiger partial charge in [0.15, 0.2) is 0 Å². The Morgan fingerprint density at radius 3 is 2.82 bits per heavy atom. The summed E-state index contributed by atoms with van der Waals surface area (Å²) < 4.78 is 0. The topological polar surface area (TPSA) is 58.2 Å². The molecule has 4 nitrogen and oxygen atoms in total. The number of allylic oxidation sites excluding steroid dienone is 1. The van der Waals surface area contributed by atoms with Crippen molar-refractivity contribution < 1.29 is 9.59 Å². The van der Waals surface area contributed by atoms with Crippen molar-refractivity contribution in [3.8, 4) is 0 Å². The lowest BCUT2D eigenvalue weighted by atomic mass is 9.97. The molecular formula is C17H24N2O2S. The average molecular weight is 320 g/mol. The summed E-state index contributed by atoms with van der Waals surface area (Å²) in [5, 5.41) is 9.48. The molecule has 0 aliphatic heterocycles. The highest BCUT2D eigenvalue weighted by Crippen LogP contribution is 2.19. The van der Waals surface area contributed by atoms with Crippen LogP contribution in [0, 0.1) is 0 Å². The number of carbonyl (C=O) groups is 2. The Bertz CT molecular complexity index is 509. The van der Waals surface area contributed by atoms with E-state index in [4.69, 9.17) is 0 Å². The molecule has 0 saturated carbocycles. The van der Waals surface area contributed by atoms with Crippen LogP contribution in [0.1, 0.15) is 55.3 Å². The van der Waals surface area contributed by atoms with Gasteiger partial charge in [-0.1, -0.05) is 11.6 Å². The molecular weight excluding hydrogens is 296 g/mol. The highest BCUT2D eigenvalue weighted by Gasteiger charge is 2.07. The lowest BCUT2D eigenvalue weighted by molar-refractivity contribution is -0.121. The summed E-state index contributed by atoms with van der Waals surface area (Å²) in [4.78, 5) is 23.4. The summed E-state index contributed by atoms with van der Waals surface area (Å²) in [7, 11) is 0. The van der Waals surface area contributed by atoms with E-state index >= 15 is 0 Å². The number of thiophene rings is 1. The Labute approximate surface area is 136 Å². The molecule has 2 amide bonds. The zero-order valence-electron chi connectivity index (χ0n) is 12.9. The van der Waals surface area contributed by atoms with Gasteiger partial charge in [-0.25, -0.2) is 0 Å². The second kappa shape index (κ2) is 9.41. The minimum absolute atomic E-state index is 0.0640. The van der Waals surface area contributed by atoms with Crippen molar-refractivity contribution in [3.63, 3.8) is 0 Å². The molecule has 22 heavy (non-hydrogen) atoms. The summed E-state index contributed by atoms with van der Waals surface area (Å²) in [6, 6.07) is 1.80. The smallest absolute Gasteiger partial charge is 0.252 e. The normalized spacial score (nSPS) is 14.3. The van der Waals surface area contributed by atoms with E-state index in [1.54, 1.807) is 6.07 Å². The first-order valence-corrected chi connectivity index (χ1v) is 8.95. The van der Waals surface area contributed by atoms with E-state index in [1.807, 2.05) is 10.8 Å². The van der Waals surface area contributed by atoms with E-state index in [1.165, 1.54) is 42.6 Å². The van der Waals surface area contributed by atoms with Crippen LogP contribution in [0.5, 0.6) is 0 Å². The number of hydrogen-bond acceptors (Lipinski definition) is 3. The van der Waals surface area contributed by atoms with Crippen LogP contribution in [-0.2, 0) is 4.79 Å². The van der Waals surface area contributed by atoms with Crippen molar-refractivity contribution in [2.24, 2.45) is 0 Å². The van der Waals surface area contributed by atoms with Crippen LogP contribution in [0.15, 0.2) is 28.5 Å². The maximum atomic E-state index is 11.7. The first-order chi connectivity index (χ1) is 10.8. The molecule has 1 aromatic heterocycles. The summed E-state index contributed by atoms with van der Waals surface area (Å²) in [6.07, 6.45) is 9.37. The first kappa shape index (κ1) is 16.7. The van der Waals surface area contributed by atoms with E-state index in [9.17, 15) is 9.59 Å². The molecule has 1 heterocycles. The summed E-state index contributed by atoms with van der Waals surface area (Å²) >= 11 is 1.50. The van der Waals surface area contributed by atoms with Crippen LogP contribution < -0.4 is 10.6 Å². The highest BCUT2D eigenvalue weighted by molar-refractivity contribution is 7.08. The molecule has 1 aliphatic carbocycles. The molecule has 2 N–H and O–H groups in total. The van der Waals surface area contributed by atoms with Crippen LogP contribution >= 0.6 is 11.3 Å². The molecule has 0 spiro atoms. The highest BCUT2D eigenvalue weighted by atomic mass is 32.1. The minimum atomic E-state index is -0.0640. The van der Waals surface area contributed by atoms with Gasteiger partial charge in [0.1, 0.15) is 0 Å². The van der Waals surface area contributed by atoms with Gasteiger partial charge in [0.2, 0.25) is 5.91 Å². The third-order valence-corrected chi connectivity index (χ3v) is 4.49. The predicted octanol–water partition coefficient (Wildman–Crippen LogP) is 3.26. The first-order valence-electron chi connectivity index (χ1n) is 8.01. The number of carbonyl (C=O) groups excluding carboxylic acids is 2. The second-order valence-corrected chi connectivity index (χ2v) is 6.36. The molecule has 0 radical (unpaired) electrons. The molecule has 0 unspecified atom stereocenters. The van der Waals surface area contributed by atoms with E-state index in [0.29, 0.717) is 24.9 Å². The lowest BCUT2D eigenvalue weighted by Crippen LogP contribution is -2.28. The van der Waals surface area contributed by atoms with Crippen molar-refractivity contribution >= 4 is 23.2 Å². The zero-order valence-corrected chi connectivity index (χ0v) is 13.7. The van der Waals surface area contributed by atoms with Crippen molar-refractivity contribution in [2.45, 2.75) is 44.9 Å². The van der Waals surface area contributed by atoms with E-state index in [-0.39, 0.29) is 11.8 Å². The Balaban J connectivity index is 1.50. The summed E-state index contributed by atoms with van der Waals surface area (Å²) in [5.41, 5.74) is 2.17. The van der Waals surface area contributed by atoms with Crippen molar-refractivity contribution in [1.82, 2.24) is 10.6 Å². The number of amides is 2. The molecule has 0 fully saturated rings. The fraction of sp³-hybridized carbons (Fsp3) is 0.529. The van der Waals surface area contributed by atoms with Gasteiger partial charge in [-0.05, 0) is 50.0 Å². The number of hydrogen-bond donors (Lipinski definition) is 2. The molecule has 0 atom stereocenters. The largest absolute Gasteiger partial charge is 0.356 e. The standard InChI is InChI=1S/C17H24N2O2S/c20-16(18-11-8-14-5-2-1-3-6-14)7-4-10-19-17(21)15-9-12-22-13-15/h5,9,12-13H,1-4,6-8,10-11H2,(H,18,20)(H,19,21). The average Bonchev–Trinajstić information content (AvgIpc) is 3.07. The SMILES string of the molecule is O=C(CCCNC(=O)c1ccsc1)NCCC1=CCCCC1. The Hall–Kier alpha value is -1.62. The molecule has 1 aromatic rings. The maximum absolute atomic E-state index is 11.7. The van der Waals surface area contributed by atoms with Gasteiger partial charge in [0.05, 0.1) is 0 Å². The zero-order chi connectivity index (χ0) is 15.6. The van der Waals surface area contributed by atoms with Gasteiger partial charge in [0, 0.05) is 30.5 Å². The van der Waals surface area contributed by atoms with Gasteiger partial charge in [-0.2, -0.15) is 11.3 Å². The minimum Gasteiger partial charge on any atom is -0.356 e. The van der Waals surface area contributed by atoms with Crippen molar-refractivity contribution in [2.75, 3.05) is 13.1 Å². The maximum Gasteiger partial charge on any atom is 0.252 e. The fourth-order valence-electron chi connectivity index (χ4n) is 2.53. The van der Waals surface area contributed by atoms with Crippen LogP contribution in [0.25, 0.3) is 0 Å². The Morgan fingerprint density at radius 2 is 2.09 bits per heavy atom. The summed E-state index contributed by atoms with van der Waals surface area (Å²) in [5.74, 6) is 0.00656. The Kier molecular flexibility index (Phi) is 7.16. The second-order valence-electron chi connectivity index (χ2n) is 5.58. The van der Waals surface area contributed by atoms with Gasteiger partial charge in [0.25, 0.3) is 5.91 Å². The van der Waals surface area contributed by atoms with Crippen molar-refractivity contribution in [1.29, 1.82) is 0 Å². The van der Waals surface area contributed by atoms with E-state index in [2.05, 4.69) is 16.7 Å². The van der Waals surface area contributed by atoms with Crippen LogP contribution in [-0.4, -0.2) is 24.9 Å². The molecule has 2 rings (SSSR count).